The lowest BCUT2D eigenvalue weighted by atomic mass is 9.91. The SMILES string of the molecule is CN1CCN(C2(C#N)CCSCC2)CC1. The standard InChI is InChI=1S/C11H19N3S/c1-13-4-6-14(7-5-13)11(10-12)2-8-15-9-3-11/h2-9H2,1H3. The van der Waals surface area contributed by atoms with E-state index in [1.807, 2.05) is 11.8 Å². The van der Waals surface area contributed by atoms with Gasteiger partial charge in [-0.05, 0) is 31.4 Å². The molecule has 0 unspecified atom stereocenters. The number of rotatable bonds is 1. The van der Waals surface area contributed by atoms with Crippen molar-refractivity contribution in [3.63, 3.8) is 0 Å². The molecule has 2 saturated heterocycles. The van der Waals surface area contributed by atoms with Crippen LogP contribution in [0.3, 0.4) is 0 Å². The number of hydrogen-bond donors (Lipinski definition) is 0. The molecule has 2 heterocycles. The largest absolute Gasteiger partial charge is 0.304 e. The summed E-state index contributed by atoms with van der Waals surface area (Å²) in [5, 5.41) is 9.45. The molecule has 0 atom stereocenters. The first-order valence-electron chi connectivity index (χ1n) is 5.69. The van der Waals surface area contributed by atoms with Crippen molar-refractivity contribution in [1.82, 2.24) is 9.80 Å². The smallest absolute Gasteiger partial charge is 0.110 e. The zero-order chi connectivity index (χ0) is 10.7. The zero-order valence-electron chi connectivity index (χ0n) is 9.41. The molecule has 0 aliphatic carbocycles. The third-order valence-electron chi connectivity index (χ3n) is 3.64. The molecular weight excluding hydrogens is 206 g/mol. The Morgan fingerprint density at radius 3 is 2.27 bits per heavy atom. The molecule has 84 valence electrons. The van der Waals surface area contributed by atoms with Gasteiger partial charge in [-0.2, -0.15) is 17.0 Å². The van der Waals surface area contributed by atoms with Gasteiger partial charge < -0.3 is 4.90 Å². The first-order valence-corrected chi connectivity index (χ1v) is 6.85. The quantitative estimate of drug-likeness (QED) is 0.666. The average molecular weight is 225 g/mol. The van der Waals surface area contributed by atoms with E-state index in [1.54, 1.807) is 0 Å². The van der Waals surface area contributed by atoms with E-state index in [2.05, 4.69) is 22.9 Å². The van der Waals surface area contributed by atoms with Crippen LogP contribution in [-0.2, 0) is 0 Å². The number of nitrogens with zero attached hydrogens (tertiary/aromatic N) is 3. The molecule has 0 aromatic carbocycles. The Bertz CT molecular complexity index is 247. The van der Waals surface area contributed by atoms with Gasteiger partial charge in [0.2, 0.25) is 0 Å². The summed E-state index contributed by atoms with van der Waals surface area (Å²) in [5.41, 5.74) is -0.132. The molecular formula is C11H19N3S. The van der Waals surface area contributed by atoms with Gasteiger partial charge in [-0.25, -0.2) is 0 Å². The molecule has 15 heavy (non-hydrogen) atoms. The van der Waals surface area contributed by atoms with Crippen molar-refractivity contribution < 1.29 is 0 Å². The van der Waals surface area contributed by atoms with Crippen LogP contribution in [0.25, 0.3) is 0 Å². The van der Waals surface area contributed by atoms with Crippen LogP contribution in [0.15, 0.2) is 0 Å². The predicted molar refractivity (Wildman–Crippen MR) is 64.0 cm³/mol. The van der Waals surface area contributed by atoms with E-state index in [9.17, 15) is 5.26 Å². The number of nitriles is 1. The molecule has 2 aliphatic heterocycles. The van der Waals surface area contributed by atoms with E-state index in [0.29, 0.717) is 0 Å². The van der Waals surface area contributed by atoms with Crippen molar-refractivity contribution in [3.05, 3.63) is 0 Å². The maximum atomic E-state index is 9.45. The first-order chi connectivity index (χ1) is 7.27. The maximum Gasteiger partial charge on any atom is 0.110 e. The second kappa shape index (κ2) is 4.73. The van der Waals surface area contributed by atoms with E-state index in [1.165, 1.54) is 0 Å². The molecule has 0 aromatic heterocycles. The van der Waals surface area contributed by atoms with Crippen LogP contribution in [0.4, 0.5) is 0 Å². The van der Waals surface area contributed by atoms with E-state index in [4.69, 9.17) is 0 Å². The molecule has 2 aliphatic rings. The summed E-state index contributed by atoms with van der Waals surface area (Å²) in [4.78, 5) is 4.77. The lowest BCUT2D eigenvalue weighted by Crippen LogP contribution is -2.57. The fourth-order valence-electron chi connectivity index (χ4n) is 2.44. The Balaban J connectivity index is 2.03. The highest BCUT2D eigenvalue weighted by molar-refractivity contribution is 7.99. The van der Waals surface area contributed by atoms with Crippen LogP contribution < -0.4 is 0 Å². The van der Waals surface area contributed by atoms with Crippen molar-refractivity contribution >= 4 is 11.8 Å². The Morgan fingerprint density at radius 1 is 1.13 bits per heavy atom. The summed E-state index contributed by atoms with van der Waals surface area (Å²) in [7, 11) is 2.16. The highest BCUT2D eigenvalue weighted by Crippen LogP contribution is 2.32. The number of piperazine rings is 1. The summed E-state index contributed by atoms with van der Waals surface area (Å²) in [6.45, 7) is 4.34. The van der Waals surface area contributed by atoms with Gasteiger partial charge in [-0.1, -0.05) is 0 Å². The van der Waals surface area contributed by atoms with E-state index < -0.39 is 0 Å². The normalized spacial score (nSPS) is 28.5. The van der Waals surface area contributed by atoms with Crippen molar-refractivity contribution in [2.75, 3.05) is 44.7 Å². The molecule has 0 bridgehead atoms. The summed E-state index contributed by atoms with van der Waals surface area (Å²) in [5.74, 6) is 2.31. The van der Waals surface area contributed by atoms with E-state index in [-0.39, 0.29) is 5.54 Å². The summed E-state index contributed by atoms with van der Waals surface area (Å²) < 4.78 is 0. The second-order valence-corrected chi connectivity index (χ2v) is 5.77. The molecule has 0 saturated carbocycles. The molecule has 0 spiro atoms. The van der Waals surface area contributed by atoms with Gasteiger partial charge in [-0.3, -0.25) is 4.90 Å². The average Bonchev–Trinajstić information content (AvgIpc) is 2.31. The van der Waals surface area contributed by atoms with Crippen LogP contribution in [0.2, 0.25) is 0 Å². The minimum atomic E-state index is -0.132. The highest BCUT2D eigenvalue weighted by Gasteiger charge is 2.39. The van der Waals surface area contributed by atoms with Gasteiger partial charge in [0.15, 0.2) is 0 Å². The molecule has 0 N–H and O–H groups in total. The van der Waals surface area contributed by atoms with Gasteiger partial charge in [0.05, 0.1) is 6.07 Å². The topological polar surface area (TPSA) is 30.3 Å². The van der Waals surface area contributed by atoms with Crippen molar-refractivity contribution in [1.29, 1.82) is 5.26 Å². The fraction of sp³-hybridized carbons (Fsp3) is 0.909. The molecule has 0 aromatic rings. The van der Waals surface area contributed by atoms with Crippen LogP contribution in [0.5, 0.6) is 0 Å². The Hall–Kier alpha value is -0.240. The molecule has 4 heteroatoms. The Morgan fingerprint density at radius 2 is 1.73 bits per heavy atom. The summed E-state index contributed by atoms with van der Waals surface area (Å²) in [6, 6.07) is 2.60. The molecule has 0 amide bonds. The van der Waals surface area contributed by atoms with Crippen LogP contribution in [0, 0.1) is 11.3 Å². The third kappa shape index (κ3) is 2.30. The van der Waals surface area contributed by atoms with Crippen molar-refractivity contribution in [2.24, 2.45) is 0 Å². The zero-order valence-corrected chi connectivity index (χ0v) is 10.2. The maximum absolute atomic E-state index is 9.45. The fourth-order valence-corrected chi connectivity index (χ4v) is 3.61. The molecule has 0 radical (unpaired) electrons. The van der Waals surface area contributed by atoms with E-state index in [0.717, 1.165) is 50.5 Å². The Kier molecular flexibility index (Phi) is 3.55. The predicted octanol–water partition coefficient (Wildman–Crippen LogP) is 1.02. The second-order valence-electron chi connectivity index (χ2n) is 4.55. The highest BCUT2D eigenvalue weighted by atomic mass is 32.2. The third-order valence-corrected chi connectivity index (χ3v) is 4.62. The van der Waals surface area contributed by atoms with Gasteiger partial charge in [0.25, 0.3) is 0 Å². The lowest BCUT2D eigenvalue weighted by Gasteiger charge is -2.44. The van der Waals surface area contributed by atoms with Gasteiger partial charge in [-0.15, -0.1) is 0 Å². The van der Waals surface area contributed by atoms with Gasteiger partial charge >= 0.3 is 0 Å². The van der Waals surface area contributed by atoms with Gasteiger partial charge in [0, 0.05) is 26.2 Å². The monoisotopic (exact) mass is 225 g/mol. The molecule has 3 nitrogen and oxygen atoms in total. The summed E-state index contributed by atoms with van der Waals surface area (Å²) in [6.07, 6.45) is 2.11. The van der Waals surface area contributed by atoms with Crippen molar-refractivity contribution in [3.8, 4) is 6.07 Å². The lowest BCUT2D eigenvalue weighted by molar-refractivity contribution is 0.0681. The number of likely N-dealkylation sites (N-methyl/N-ethyl adjacent to an activating group) is 1. The molecule has 2 fully saturated rings. The minimum absolute atomic E-state index is 0.132. The number of hydrogen-bond acceptors (Lipinski definition) is 4. The molecule has 2 rings (SSSR count). The van der Waals surface area contributed by atoms with Crippen LogP contribution in [-0.4, -0.2) is 60.1 Å². The van der Waals surface area contributed by atoms with Gasteiger partial charge in [0.1, 0.15) is 5.54 Å². The van der Waals surface area contributed by atoms with Crippen LogP contribution >= 0.6 is 11.8 Å². The first kappa shape index (κ1) is 11.3. The summed E-state index contributed by atoms with van der Waals surface area (Å²) >= 11 is 1.99. The Labute approximate surface area is 96.4 Å². The van der Waals surface area contributed by atoms with Crippen molar-refractivity contribution in [2.45, 2.75) is 18.4 Å². The minimum Gasteiger partial charge on any atom is -0.304 e. The van der Waals surface area contributed by atoms with Crippen LogP contribution in [0.1, 0.15) is 12.8 Å². The number of thioether (sulfide) groups is 1. The van der Waals surface area contributed by atoms with E-state index >= 15 is 0 Å².